The Morgan fingerprint density at radius 2 is 1.82 bits per heavy atom. The maximum Gasteiger partial charge on any atom is 0.223 e. The minimum absolute atomic E-state index is 0.140. The predicted molar refractivity (Wildman–Crippen MR) is 109 cm³/mol. The van der Waals surface area contributed by atoms with Crippen molar-refractivity contribution in [1.82, 2.24) is 10.3 Å². The average molecular weight is 393 g/mol. The van der Waals surface area contributed by atoms with E-state index in [1.165, 1.54) is 0 Å². The Morgan fingerprint density at radius 1 is 1.07 bits per heavy atom. The van der Waals surface area contributed by atoms with Gasteiger partial charge in [-0.3, -0.25) is 9.78 Å². The van der Waals surface area contributed by atoms with E-state index in [0.29, 0.717) is 23.4 Å². The Kier molecular flexibility index (Phi) is 4.44. The summed E-state index contributed by atoms with van der Waals surface area (Å²) in [5.74, 6) is 2.09. The number of ether oxygens (including phenoxy) is 1. The van der Waals surface area contributed by atoms with Crippen LogP contribution in [0.5, 0.6) is 5.75 Å². The van der Waals surface area contributed by atoms with Crippen molar-refractivity contribution >= 4 is 28.4 Å². The van der Waals surface area contributed by atoms with Gasteiger partial charge in [0.15, 0.2) is 0 Å². The van der Waals surface area contributed by atoms with Crippen molar-refractivity contribution in [1.29, 1.82) is 0 Å². The fourth-order valence-corrected chi connectivity index (χ4v) is 4.66. The first kappa shape index (κ1) is 17.5. The maximum atomic E-state index is 12.5. The zero-order valence-electron chi connectivity index (χ0n) is 15.3. The molecule has 2 aliphatic rings. The molecule has 2 unspecified atom stereocenters. The van der Waals surface area contributed by atoms with Crippen LogP contribution in [0.15, 0.2) is 60.8 Å². The van der Waals surface area contributed by atoms with E-state index >= 15 is 0 Å². The van der Waals surface area contributed by atoms with Gasteiger partial charge in [0.25, 0.3) is 0 Å². The lowest BCUT2D eigenvalue weighted by molar-refractivity contribution is -0.123. The number of benzene rings is 2. The number of rotatable bonds is 5. The topological polar surface area (TPSA) is 51.2 Å². The van der Waals surface area contributed by atoms with Gasteiger partial charge >= 0.3 is 0 Å². The van der Waals surface area contributed by atoms with Gasteiger partial charge in [-0.15, -0.1) is 0 Å². The third kappa shape index (κ3) is 3.33. The van der Waals surface area contributed by atoms with Gasteiger partial charge in [0, 0.05) is 29.1 Å². The Hall–Kier alpha value is -2.59. The van der Waals surface area contributed by atoms with Crippen LogP contribution < -0.4 is 10.1 Å². The number of para-hydroxylation sites is 1. The third-order valence-corrected chi connectivity index (χ3v) is 6.24. The van der Waals surface area contributed by atoms with E-state index in [4.69, 9.17) is 16.3 Å². The minimum Gasteiger partial charge on any atom is -0.490 e. The molecule has 0 saturated heterocycles. The molecule has 2 aromatic carbocycles. The Morgan fingerprint density at radius 3 is 2.61 bits per heavy atom. The molecule has 2 aliphatic carbocycles. The zero-order chi connectivity index (χ0) is 19.1. The molecule has 28 heavy (non-hydrogen) atoms. The summed E-state index contributed by atoms with van der Waals surface area (Å²) in [5.41, 5.74) is 2.01. The molecule has 1 amide bonds. The lowest BCUT2D eigenvalue weighted by Crippen LogP contribution is -2.28. The second-order valence-electron chi connectivity index (χ2n) is 7.74. The van der Waals surface area contributed by atoms with Crippen molar-refractivity contribution in [2.75, 3.05) is 0 Å². The van der Waals surface area contributed by atoms with Crippen LogP contribution in [0.3, 0.4) is 0 Å². The highest BCUT2D eigenvalue weighted by atomic mass is 35.5. The van der Waals surface area contributed by atoms with Crippen molar-refractivity contribution in [3.8, 4) is 5.75 Å². The summed E-state index contributed by atoms with van der Waals surface area (Å²) in [5, 5.41) is 4.82. The highest BCUT2D eigenvalue weighted by Crippen LogP contribution is 2.58. The van der Waals surface area contributed by atoms with Gasteiger partial charge in [0.05, 0.1) is 11.6 Å². The van der Waals surface area contributed by atoms with Crippen molar-refractivity contribution in [3.63, 3.8) is 0 Å². The molecule has 1 heterocycles. The number of carbonyl (C=O) groups excluding carboxylic acids is 1. The summed E-state index contributed by atoms with van der Waals surface area (Å²) in [4.78, 5) is 16.9. The number of amides is 1. The van der Waals surface area contributed by atoms with Crippen LogP contribution in [-0.2, 0) is 11.3 Å². The largest absolute Gasteiger partial charge is 0.490 e. The standard InChI is InChI=1S/C23H21ClN2O2/c24-15-7-5-14(6-8-15)13-26-23(27)22-18-11-16(12-19(18)22)28-21-9-10-25-20-4-2-1-3-17(20)21/h1-10,16,18-19,22H,11-13H2,(H,26,27). The monoisotopic (exact) mass is 392 g/mol. The number of fused-ring (bicyclic) bond motifs is 2. The summed E-state index contributed by atoms with van der Waals surface area (Å²) in [7, 11) is 0. The van der Waals surface area contributed by atoms with Gasteiger partial charge in [-0.1, -0.05) is 35.9 Å². The van der Waals surface area contributed by atoms with Crippen LogP contribution in [-0.4, -0.2) is 17.0 Å². The molecule has 3 aromatic rings. The quantitative estimate of drug-likeness (QED) is 0.689. The highest BCUT2D eigenvalue weighted by molar-refractivity contribution is 6.30. The molecular formula is C23H21ClN2O2. The summed E-state index contributed by atoms with van der Waals surface area (Å²) in [6, 6.07) is 17.5. The smallest absolute Gasteiger partial charge is 0.223 e. The van der Waals surface area contributed by atoms with Crippen molar-refractivity contribution in [3.05, 3.63) is 71.4 Å². The second-order valence-corrected chi connectivity index (χ2v) is 8.17. The van der Waals surface area contributed by atoms with Gasteiger partial charge in [0.1, 0.15) is 5.75 Å². The van der Waals surface area contributed by atoms with Gasteiger partial charge < -0.3 is 10.1 Å². The molecule has 2 saturated carbocycles. The van der Waals surface area contributed by atoms with E-state index < -0.39 is 0 Å². The number of carbonyl (C=O) groups is 1. The lowest BCUT2D eigenvalue weighted by Gasteiger charge is -2.18. The summed E-state index contributed by atoms with van der Waals surface area (Å²) < 4.78 is 6.27. The lowest BCUT2D eigenvalue weighted by atomic mass is 10.1. The van der Waals surface area contributed by atoms with E-state index in [1.54, 1.807) is 6.20 Å². The molecule has 2 atom stereocenters. The number of halogens is 1. The molecule has 4 nitrogen and oxygen atoms in total. The fourth-order valence-electron chi connectivity index (χ4n) is 4.54. The molecule has 2 fully saturated rings. The molecule has 0 bridgehead atoms. The van der Waals surface area contributed by atoms with Crippen LogP contribution in [0, 0.1) is 17.8 Å². The molecule has 0 radical (unpaired) electrons. The van der Waals surface area contributed by atoms with Crippen molar-refractivity contribution < 1.29 is 9.53 Å². The van der Waals surface area contributed by atoms with Crippen LogP contribution in [0.1, 0.15) is 18.4 Å². The Labute approximate surface area is 168 Å². The maximum absolute atomic E-state index is 12.5. The minimum atomic E-state index is 0.140. The number of aromatic nitrogens is 1. The number of pyridine rings is 1. The summed E-state index contributed by atoms with van der Waals surface area (Å²) in [6.45, 7) is 0.550. The fraction of sp³-hybridized carbons (Fsp3) is 0.304. The van der Waals surface area contributed by atoms with E-state index in [2.05, 4.69) is 10.3 Å². The molecule has 142 valence electrons. The Bertz CT molecular complexity index is 1000. The average Bonchev–Trinajstić information content (AvgIpc) is 3.23. The molecule has 0 aliphatic heterocycles. The van der Waals surface area contributed by atoms with E-state index in [0.717, 1.165) is 35.1 Å². The first-order valence-electron chi connectivity index (χ1n) is 9.71. The molecular weight excluding hydrogens is 372 g/mol. The molecule has 1 N–H and O–H groups in total. The van der Waals surface area contributed by atoms with Crippen LogP contribution in [0.25, 0.3) is 10.9 Å². The normalized spacial score (nSPS) is 25.3. The van der Waals surface area contributed by atoms with Gasteiger partial charge in [0.2, 0.25) is 5.91 Å². The van der Waals surface area contributed by atoms with Crippen molar-refractivity contribution in [2.24, 2.45) is 17.8 Å². The third-order valence-electron chi connectivity index (χ3n) is 5.99. The second kappa shape index (κ2) is 7.10. The number of nitrogens with zero attached hydrogens (tertiary/aromatic N) is 1. The highest BCUT2D eigenvalue weighted by Gasteiger charge is 2.60. The molecule has 5 heteroatoms. The van der Waals surface area contributed by atoms with Gasteiger partial charge in [-0.2, -0.15) is 0 Å². The first-order valence-corrected chi connectivity index (χ1v) is 10.1. The van der Waals surface area contributed by atoms with E-state index in [-0.39, 0.29) is 17.9 Å². The van der Waals surface area contributed by atoms with Crippen molar-refractivity contribution in [2.45, 2.75) is 25.5 Å². The Balaban J connectivity index is 1.16. The first-order chi connectivity index (χ1) is 13.7. The van der Waals surface area contributed by atoms with Crippen LogP contribution in [0.4, 0.5) is 0 Å². The molecule has 0 spiro atoms. The van der Waals surface area contributed by atoms with Crippen LogP contribution in [0.2, 0.25) is 5.02 Å². The van der Waals surface area contributed by atoms with Gasteiger partial charge in [-0.25, -0.2) is 0 Å². The SMILES string of the molecule is O=C(NCc1ccc(Cl)cc1)C1C2CC(Oc3ccnc4ccccc34)CC21. The molecule has 1 aromatic heterocycles. The molecule has 5 rings (SSSR count). The van der Waals surface area contributed by atoms with E-state index in [1.807, 2.05) is 54.6 Å². The predicted octanol–water partition coefficient (Wildman–Crippen LogP) is 4.61. The number of nitrogens with one attached hydrogen (secondary N) is 1. The number of hydrogen-bond acceptors (Lipinski definition) is 3. The summed E-state index contributed by atoms with van der Waals surface area (Å²) in [6.07, 6.45) is 3.86. The van der Waals surface area contributed by atoms with E-state index in [9.17, 15) is 4.79 Å². The zero-order valence-corrected chi connectivity index (χ0v) is 16.1. The van der Waals surface area contributed by atoms with Gasteiger partial charge in [-0.05, 0) is 60.6 Å². The summed E-state index contributed by atoms with van der Waals surface area (Å²) >= 11 is 5.90. The van der Waals surface area contributed by atoms with Crippen LogP contribution >= 0.6 is 11.6 Å². The number of hydrogen-bond donors (Lipinski definition) is 1.